The predicted molar refractivity (Wildman–Crippen MR) is 107 cm³/mol. The van der Waals surface area contributed by atoms with Crippen molar-refractivity contribution in [2.45, 2.75) is 41.9 Å². The van der Waals surface area contributed by atoms with Gasteiger partial charge in [0.2, 0.25) is 0 Å². The fraction of sp³-hybridized carbons (Fsp3) is 0.278. The Morgan fingerprint density at radius 3 is 2.40 bits per heavy atom. The summed E-state index contributed by atoms with van der Waals surface area (Å²) in [7, 11) is -1.23. The highest BCUT2D eigenvalue weighted by atomic mass is 35.5. The monoisotopic (exact) mass is 415 g/mol. The SMILES string of the molecule is CC(C)(C)S(=O)NCc1c(Cl)ccc(Cl)c1Sc1ccccc1C=O. The van der Waals surface area contributed by atoms with Gasteiger partial charge < -0.3 is 0 Å². The van der Waals surface area contributed by atoms with Crippen molar-refractivity contribution in [3.05, 3.63) is 57.6 Å². The maximum Gasteiger partial charge on any atom is 0.151 e. The van der Waals surface area contributed by atoms with Gasteiger partial charge in [0.1, 0.15) is 0 Å². The molecule has 0 aliphatic heterocycles. The van der Waals surface area contributed by atoms with Crippen molar-refractivity contribution in [2.75, 3.05) is 0 Å². The van der Waals surface area contributed by atoms with Crippen LogP contribution in [0.15, 0.2) is 46.2 Å². The Hall–Kier alpha value is -0.850. The maximum atomic E-state index is 12.3. The van der Waals surface area contributed by atoms with Crippen LogP contribution in [0.1, 0.15) is 36.7 Å². The third-order valence-corrected chi connectivity index (χ3v) is 6.91. The van der Waals surface area contributed by atoms with E-state index < -0.39 is 11.0 Å². The van der Waals surface area contributed by atoms with Crippen molar-refractivity contribution in [1.29, 1.82) is 0 Å². The van der Waals surface area contributed by atoms with E-state index in [1.54, 1.807) is 18.2 Å². The summed E-state index contributed by atoms with van der Waals surface area (Å²) in [5.41, 5.74) is 1.35. The molecule has 3 nitrogen and oxygen atoms in total. The third-order valence-electron chi connectivity index (χ3n) is 3.35. The molecule has 0 aliphatic carbocycles. The highest BCUT2D eigenvalue weighted by Crippen LogP contribution is 2.40. The van der Waals surface area contributed by atoms with Crippen LogP contribution in [-0.4, -0.2) is 15.2 Å². The quantitative estimate of drug-likeness (QED) is 0.632. The van der Waals surface area contributed by atoms with Crippen molar-refractivity contribution in [1.82, 2.24) is 4.72 Å². The molecule has 0 aromatic heterocycles. The zero-order chi connectivity index (χ0) is 18.6. The molecule has 0 aliphatic rings. The number of benzene rings is 2. The van der Waals surface area contributed by atoms with Crippen LogP contribution in [0.25, 0.3) is 0 Å². The van der Waals surface area contributed by atoms with Gasteiger partial charge in [0, 0.05) is 32.5 Å². The Balaban J connectivity index is 2.36. The molecule has 0 heterocycles. The minimum atomic E-state index is -1.23. The van der Waals surface area contributed by atoms with E-state index in [4.69, 9.17) is 23.2 Å². The number of carbonyl (C=O) groups is 1. The Bertz CT molecular complexity index is 804. The van der Waals surface area contributed by atoms with Gasteiger partial charge in [-0.25, -0.2) is 8.93 Å². The standard InChI is InChI=1S/C18H19Cl2NO2S2/c1-18(2,3)25(23)21-10-13-14(19)8-9-15(20)17(13)24-16-7-5-4-6-12(16)11-22/h4-9,11,21H,10H2,1-3H3. The van der Waals surface area contributed by atoms with Gasteiger partial charge in [-0.1, -0.05) is 53.2 Å². The van der Waals surface area contributed by atoms with Crippen LogP contribution in [-0.2, 0) is 17.5 Å². The lowest BCUT2D eigenvalue weighted by Gasteiger charge is -2.20. The van der Waals surface area contributed by atoms with Gasteiger partial charge in [-0.3, -0.25) is 4.79 Å². The number of hydrogen-bond donors (Lipinski definition) is 1. The Morgan fingerprint density at radius 1 is 1.12 bits per heavy atom. The molecule has 1 atom stereocenters. The molecule has 25 heavy (non-hydrogen) atoms. The van der Waals surface area contributed by atoms with E-state index in [-0.39, 0.29) is 4.75 Å². The minimum absolute atomic E-state index is 0.314. The van der Waals surface area contributed by atoms with Gasteiger partial charge in [-0.15, -0.1) is 0 Å². The molecular formula is C18H19Cl2NO2S2. The molecular weight excluding hydrogens is 397 g/mol. The molecule has 7 heteroatoms. The predicted octanol–water partition coefficient (Wildman–Crippen LogP) is 5.51. The van der Waals surface area contributed by atoms with Crippen LogP contribution in [0, 0.1) is 0 Å². The molecule has 134 valence electrons. The number of nitrogens with one attached hydrogen (secondary N) is 1. The Labute approximate surface area is 165 Å². The van der Waals surface area contributed by atoms with Crippen molar-refractivity contribution >= 4 is 52.2 Å². The number of carbonyl (C=O) groups excluding carboxylic acids is 1. The second-order valence-electron chi connectivity index (χ2n) is 6.30. The highest BCUT2D eigenvalue weighted by Gasteiger charge is 2.21. The first kappa shape index (κ1) is 20.5. The molecule has 0 radical (unpaired) electrons. The second-order valence-corrected chi connectivity index (χ2v) is 10.2. The molecule has 0 fully saturated rings. The first-order valence-corrected chi connectivity index (χ1v) is 10.3. The lowest BCUT2D eigenvalue weighted by atomic mass is 10.2. The van der Waals surface area contributed by atoms with Gasteiger partial charge in [0.05, 0.1) is 20.8 Å². The number of rotatable bonds is 6. The molecule has 0 spiro atoms. The van der Waals surface area contributed by atoms with Crippen LogP contribution in [0.3, 0.4) is 0 Å². The van der Waals surface area contributed by atoms with E-state index in [1.807, 2.05) is 39.0 Å². The van der Waals surface area contributed by atoms with Crippen LogP contribution in [0.5, 0.6) is 0 Å². The van der Waals surface area contributed by atoms with E-state index in [2.05, 4.69) is 4.72 Å². The number of halogens is 2. The summed E-state index contributed by atoms with van der Waals surface area (Å²) in [5, 5.41) is 1.07. The lowest BCUT2D eigenvalue weighted by molar-refractivity contribution is 0.112. The fourth-order valence-electron chi connectivity index (χ4n) is 1.99. The van der Waals surface area contributed by atoms with Crippen molar-refractivity contribution in [3.63, 3.8) is 0 Å². The van der Waals surface area contributed by atoms with E-state index >= 15 is 0 Å². The number of aldehydes is 1. The summed E-state index contributed by atoms with van der Waals surface area (Å²) in [4.78, 5) is 12.8. The topological polar surface area (TPSA) is 46.2 Å². The van der Waals surface area contributed by atoms with Crippen molar-refractivity contribution in [2.24, 2.45) is 0 Å². The van der Waals surface area contributed by atoms with Gasteiger partial charge >= 0.3 is 0 Å². The molecule has 1 N–H and O–H groups in total. The summed E-state index contributed by atoms with van der Waals surface area (Å²) in [6.45, 7) is 6.00. The largest absolute Gasteiger partial charge is 0.298 e. The van der Waals surface area contributed by atoms with Crippen molar-refractivity contribution < 1.29 is 9.00 Å². The fourth-order valence-corrected chi connectivity index (χ4v) is 4.34. The molecule has 0 bridgehead atoms. The molecule has 0 saturated carbocycles. The third kappa shape index (κ3) is 5.31. The van der Waals surface area contributed by atoms with E-state index in [0.29, 0.717) is 22.2 Å². The molecule has 0 saturated heterocycles. The van der Waals surface area contributed by atoms with Crippen LogP contribution in [0.4, 0.5) is 0 Å². The number of hydrogen-bond acceptors (Lipinski definition) is 3. The van der Waals surface area contributed by atoms with E-state index in [0.717, 1.165) is 21.6 Å². The highest BCUT2D eigenvalue weighted by molar-refractivity contribution is 7.99. The molecule has 2 rings (SSSR count). The zero-order valence-electron chi connectivity index (χ0n) is 14.1. The Morgan fingerprint density at radius 2 is 1.76 bits per heavy atom. The molecule has 0 amide bonds. The average Bonchev–Trinajstić information content (AvgIpc) is 2.57. The minimum Gasteiger partial charge on any atom is -0.298 e. The average molecular weight is 416 g/mol. The molecule has 2 aromatic carbocycles. The van der Waals surface area contributed by atoms with Gasteiger partial charge in [-0.2, -0.15) is 0 Å². The summed E-state index contributed by atoms with van der Waals surface area (Å²) in [6.07, 6.45) is 0.813. The van der Waals surface area contributed by atoms with E-state index in [1.165, 1.54) is 11.8 Å². The molecule has 2 aromatic rings. The first-order chi connectivity index (χ1) is 11.7. The van der Waals surface area contributed by atoms with Crippen LogP contribution >= 0.6 is 35.0 Å². The van der Waals surface area contributed by atoms with Crippen LogP contribution < -0.4 is 4.72 Å². The smallest absolute Gasteiger partial charge is 0.151 e. The first-order valence-electron chi connectivity index (χ1n) is 7.58. The van der Waals surface area contributed by atoms with Gasteiger partial charge in [0.25, 0.3) is 0 Å². The van der Waals surface area contributed by atoms with Gasteiger partial charge in [-0.05, 0) is 39.0 Å². The lowest BCUT2D eigenvalue weighted by Crippen LogP contribution is -2.33. The zero-order valence-corrected chi connectivity index (χ0v) is 17.3. The summed E-state index contributed by atoms with van der Waals surface area (Å²) in [6, 6.07) is 10.7. The summed E-state index contributed by atoms with van der Waals surface area (Å²) in [5.74, 6) is 0. The maximum absolute atomic E-state index is 12.3. The molecule has 1 unspecified atom stereocenters. The normalized spacial score (nSPS) is 12.8. The second kappa shape index (κ2) is 8.69. The van der Waals surface area contributed by atoms with Crippen LogP contribution in [0.2, 0.25) is 10.0 Å². The summed E-state index contributed by atoms with van der Waals surface area (Å²) < 4.78 is 14.9. The Kier molecular flexibility index (Phi) is 7.11. The summed E-state index contributed by atoms with van der Waals surface area (Å²) >= 11 is 14.1. The van der Waals surface area contributed by atoms with Crippen molar-refractivity contribution in [3.8, 4) is 0 Å². The van der Waals surface area contributed by atoms with E-state index in [9.17, 15) is 9.00 Å². The van der Waals surface area contributed by atoms with Gasteiger partial charge in [0.15, 0.2) is 6.29 Å².